The highest BCUT2D eigenvalue weighted by atomic mass is 19.1. The van der Waals surface area contributed by atoms with Crippen LogP contribution in [0.15, 0.2) is 48.5 Å². The van der Waals surface area contributed by atoms with Crippen LogP contribution in [0.4, 0.5) is 21.5 Å². The zero-order valence-electron chi connectivity index (χ0n) is 17.9. The summed E-state index contributed by atoms with van der Waals surface area (Å²) in [7, 11) is 1.85. The van der Waals surface area contributed by atoms with Crippen LogP contribution in [0.1, 0.15) is 36.2 Å². The van der Waals surface area contributed by atoms with Crippen LogP contribution in [0.3, 0.4) is 0 Å². The van der Waals surface area contributed by atoms with E-state index in [2.05, 4.69) is 26.1 Å². The van der Waals surface area contributed by atoms with Gasteiger partial charge in [-0.15, -0.1) is 0 Å². The van der Waals surface area contributed by atoms with Crippen LogP contribution in [-0.4, -0.2) is 35.6 Å². The van der Waals surface area contributed by atoms with Crippen LogP contribution < -0.4 is 21.7 Å². The topological polar surface area (TPSA) is 125 Å². The lowest BCUT2D eigenvalue weighted by molar-refractivity contribution is -0.116. The largest absolute Gasteiger partial charge is 0.397 e. The average molecular weight is 439 g/mol. The number of aromatic nitrogens is 2. The van der Waals surface area contributed by atoms with Gasteiger partial charge in [0.2, 0.25) is 5.91 Å². The Balaban J connectivity index is 1.34. The standard InChI is InChI=1S/C23H27FN6O2/c1-26-17-9-6-15(7-10-17)20-14-21(30-29-20)23(32)27-12-4-2-3-5-22(31)28-19-11-8-16(24)13-18(19)25/h6-11,13-14,26H,2-5,12,25H2,1H3,(H,27,32)(H,28,31)(H,29,30). The Morgan fingerprint density at radius 2 is 1.84 bits per heavy atom. The lowest BCUT2D eigenvalue weighted by atomic mass is 10.1. The number of anilines is 3. The van der Waals surface area contributed by atoms with Gasteiger partial charge in [0.1, 0.15) is 11.5 Å². The Hall–Kier alpha value is -3.88. The molecular weight excluding hydrogens is 411 g/mol. The summed E-state index contributed by atoms with van der Waals surface area (Å²) in [6.45, 7) is 0.497. The molecule has 168 valence electrons. The van der Waals surface area contributed by atoms with Crippen molar-refractivity contribution in [2.24, 2.45) is 0 Å². The van der Waals surface area contributed by atoms with Crippen LogP contribution in [0.2, 0.25) is 0 Å². The zero-order chi connectivity index (χ0) is 22.9. The third kappa shape index (κ3) is 6.31. The van der Waals surface area contributed by atoms with E-state index in [1.807, 2.05) is 31.3 Å². The summed E-state index contributed by atoms with van der Waals surface area (Å²) in [6, 6.07) is 13.3. The molecule has 0 unspecified atom stereocenters. The highest BCUT2D eigenvalue weighted by molar-refractivity contribution is 5.94. The molecule has 6 N–H and O–H groups in total. The number of nitrogens with one attached hydrogen (secondary N) is 4. The molecule has 2 aromatic carbocycles. The first-order valence-electron chi connectivity index (χ1n) is 10.4. The van der Waals surface area contributed by atoms with Gasteiger partial charge in [0.25, 0.3) is 5.91 Å². The smallest absolute Gasteiger partial charge is 0.269 e. The van der Waals surface area contributed by atoms with Crippen molar-refractivity contribution in [1.82, 2.24) is 15.5 Å². The number of hydrogen-bond donors (Lipinski definition) is 5. The molecule has 0 aliphatic heterocycles. The lowest BCUT2D eigenvalue weighted by Crippen LogP contribution is -2.24. The van der Waals surface area contributed by atoms with E-state index in [9.17, 15) is 14.0 Å². The molecule has 0 aliphatic carbocycles. The number of nitrogen functional groups attached to an aromatic ring is 1. The third-order valence-electron chi connectivity index (χ3n) is 4.95. The van der Waals surface area contributed by atoms with Gasteiger partial charge in [-0.2, -0.15) is 5.10 Å². The monoisotopic (exact) mass is 438 g/mol. The lowest BCUT2D eigenvalue weighted by Gasteiger charge is -2.08. The number of aromatic amines is 1. The summed E-state index contributed by atoms with van der Waals surface area (Å²) < 4.78 is 13.0. The van der Waals surface area contributed by atoms with Crippen LogP contribution in [0.25, 0.3) is 11.3 Å². The second-order valence-corrected chi connectivity index (χ2v) is 7.34. The van der Waals surface area contributed by atoms with E-state index >= 15 is 0 Å². The molecule has 3 aromatic rings. The number of benzene rings is 2. The Morgan fingerprint density at radius 1 is 1.06 bits per heavy atom. The Bertz CT molecular complexity index is 1060. The molecule has 3 rings (SSSR count). The summed E-state index contributed by atoms with van der Waals surface area (Å²) in [4.78, 5) is 24.3. The van der Waals surface area contributed by atoms with Crippen molar-refractivity contribution in [1.29, 1.82) is 0 Å². The van der Waals surface area contributed by atoms with Gasteiger partial charge >= 0.3 is 0 Å². The number of nitrogens with zero attached hydrogens (tertiary/aromatic N) is 1. The second kappa shape index (κ2) is 10.9. The third-order valence-corrected chi connectivity index (χ3v) is 4.95. The minimum absolute atomic E-state index is 0.180. The molecular formula is C23H27FN6O2. The molecule has 0 aliphatic rings. The van der Waals surface area contributed by atoms with Gasteiger partial charge in [-0.3, -0.25) is 14.7 Å². The molecule has 9 heteroatoms. The number of halogens is 1. The first-order chi connectivity index (χ1) is 15.5. The van der Waals surface area contributed by atoms with Crippen molar-refractivity contribution in [3.8, 4) is 11.3 Å². The van der Waals surface area contributed by atoms with Gasteiger partial charge in [0.05, 0.1) is 17.1 Å². The number of nitrogens with two attached hydrogens (primary N) is 1. The molecule has 0 saturated heterocycles. The minimum atomic E-state index is -0.447. The minimum Gasteiger partial charge on any atom is -0.397 e. The van der Waals surface area contributed by atoms with Crippen molar-refractivity contribution in [3.63, 3.8) is 0 Å². The molecule has 0 saturated carbocycles. The molecule has 8 nitrogen and oxygen atoms in total. The predicted molar refractivity (Wildman–Crippen MR) is 124 cm³/mol. The van der Waals surface area contributed by atoms with E-state index in [-0.39, 0.29) is 17.5 Å². The molecule has 2 amide bonds. The number of unbranched alkanes of at least 4 members (excludes halogenated alkanes) is 2. The SMILES string of the molecule is CNc1ccc(-c2cc(C(=O)NCCCCCC(=O)Nc3ccc(F)cc3N)[nH]n2)cc1. The molecule has 1 aromatic heterocycles. The molecule has 0 atom stereocenters. The molecule has 1 heterocycles. The molecule has 0 radical (unpaired) electrons. The summed E-state index contributed by atoms with van der Waals surface area (Å²) in [6.07, 6.45) is 2.50. The highest BCUT2D eigenvalue weighted by Crippen LogP contribution is 2.21. The van der Waals surface area contributed by atoms with E-state index in [1.165, 1.54) is 18.2 Å². The average Bonchev–Trinajstić information content (AvgIpc) is 3.28. The van der Waals surface area contributed by atoms with E-state index in [1.54, 1.807) is 6.07 Å². The number of hydrogen-bond acceptors (Lipinski definition) is 5. The Morgan fingerprint density at radius 3 is 2.56 bits per heavy atom. The normalized spacial score (nSPS) is 10.6. The fourth-order valence-corrected chi connectivity index (χ4v) is 3.14. The van der Waals surface area contributed by atoms with Crippen molar-refractivity contribution < 1.29 is 14.0 Å². The first-order valence-corrected chi connectivity index (χ1v) is 10.4. The van der Waals surface area contributed by atoms with Gasteiger partial charge in [-0.1, -0.05) is 18.6 Å². The van der Waals surface area contributed by atoms with Gasteiger partial charge < -0.3 is 21.7 Å². The number of amides is 2. The van der Waals surface area contributed by atoms with Crippen LogP contribution in [0.5, 0.6) is 0 Å². The van der Waals surface area contributed by atoms with Crippen LogP contribution in [0, 0.1) is 5.82 Å². The number of H-pyrrole nitrogens is 1. The fraction of sp³-hybridized carbons (Fsp3) is 0.261. The Kier molecular flexibility index (Phi) is 7.80. The maximum absolute atomic E-state index is 13.0. The second-order valence-electron chi connectivity index (χ2n) is 7.34. The van der Waals surface area contributed by atoms with E-state index in [0.717, 1.165) is 24.1 Å². The van der Waals surface area contributed by atoms with Crippen molar-refractivity contribution in [2.45, 2.75) is 25.7 Å². The molecule has 0 fully saturated rings. The van der Waals surface area contributed by atoms with Crippen molar-refractivity contribution in [3.05, 3.63) is 60.0 Å². The molecule has 0 spiro atoms. The van der Waals surface area contributed by atoms with Crippen molar-refractivity contribution in [2.75, 3.05) is 30.0 Å². The van der Waals surface area contributed by atoms with Gasteiger partial charge in [-0.25, -0.2) is 4.39 Å². The molecule has 0 bridgehead atoms. The Labute approximate surface area is 185 Å². The van der Waals surface area contributed by atoms with E-state index in [0.29, 0.717) is 36.5 Å². The van der Waals surface area contributed by atoms with Crippen LogP contribution >= 0.6 is 0 Å². The zero-order valence-corrected chi connectivity index (χ0v) is 17.9. The summed E-state index contributed by atoms with van der Waals surface area (Å²) >= 11 is 0. The quantitative estimate of drug-likeness (QED) is 0.243. The highest BCUT2D eigenvalue weighted by Gasteiger charge is 2.11. The summed E-state index contributed by atoms with van der Waals surface area (Å²) in [5.74, 6) is -0.850. The maximum Gasteiger partial charge on any atom is 0.269 e. The van der Waals surface area contributed by atoms with Crippen LogP contribution in [-0.2, 0) is 4.79 Å². The fourth-order valence-electron chi connectivity index (χ4n) is 3.14. The first kappa shape index (κ1) is 22.8. The number of carbonyl (C=O) groups excluding carboxylic acids is 2. The van der Waals surface area contributed by atoms with E-state index in [4.69, 9.17) is 5.73 Å². The summed E-state index contributed by atoms with van der Waals surface area (Å²) in [5.41, 5.74) is 9.29. The summed E-state index contributed by atoms with van der Waals surface area (Å²) in [5, 5.41) is 15.6. The van der Waals surface area contributed by atoms with Gasteiger partial charge in [0, 0.05) is 31.3 Å². The van der Waals surface area contributed by atoms with E-state index < -0.39 is 5.82 Å². The molecule has 32 heavy (non-hydrogen) atoms. The maximum atomic E-state index is 13.0. The predicted octanol–water partition coefficient (Wildman–Crippen LogP) is 3.77. The number of rotatable bonds is 10. The van der Waals surface area contributed by atoms with Crippen molar-refractivity contribution >= 4 is 28.9 Å². The van der Waals surface area contributed by atoms with Gasteiger partial charge in [0.15, 0.2) is 0 Å². The van der Waals surface area contributed by atoms with Gasteiger partial charge in [-0.05, 0) is 49.2 Å². The number of carbonyl (C=O) groups is 2.